The number of benzene rings is 1. The molecule has 0 radical (unpaired) electrons. The Morgan fingerprint density at radius 2 is 1.96 bits per heavy atom. The first kappa shape index (κ1) is 20.3. The Hall–Kier alpha value is -0.970. The Balaban J connectivity index is 2.42. The van der Waals surface area contributed by atoms with Gasteiger partial charge in [-0.15, -0.1) is 0 Å². The van der Waals surface area contributed by atoms with E-state index in [0.29, 0.717) is 6.42 Å². The number of halogens is 1. The minimum Gasteiger partial charge on any atom is -0.275 e. The number of hydrogen-bond donors (Lipinski definition) is 0. The van der Waals surface area contributed by atoms with Crippen molar-refractivity contribution in [1.29, 1.82) is 0 Å². The van der Waals surface area contributed by atoms with Crippen molar-refractivity contribution in [2.45, 2.75) is 37.1 Å². The van der Waals surface area contributed by atoms with E-state index < -0.39 is 15.9 Å². The fraction of sp³-hybridized carbons (Fsp3) is 0.471. The maximum absolute atomic E-state index is 13.2. The summed E-state index contributed by atoms with van der Waals surface area (Å²) < 4.78 is 28.7. The van der Waals surface area contributed by atoms with Crippen LogP contribution >= 0.6 is 22.6 Å². The lowest BCUT2D eigenvalue weighted by atomic mass is 10.0. The standard InChI is InChI=1S/C17H23IN2O4S/c1-13-8-10-14(11-9-13)25(22,23)20(12-17(21)19(2)24-3)16-7-5-4-6-15(16)18/h6,8-11,16H,4-5,7,12H2,1-3H3. The van der Waals surface area contributed by atoms with Gasteiger partial charge in [0, 0.05) is 10.6 Å². The van der Waals surface area contributed by atoms with Gasteiger partial charge in [-0.25, -0.2) is 13.5 Å². The predicted octanol–water partition coefficient (Wildman–Crippen LogP) is 2.88. The van der Waals surface area contributed by atoms with Crippen LogP contribution in [0.5, 0.6) is 0 Å². The first-order valence-corrected chi connectivity index (χ1v) is 10.5. The average Bonchev–Trinajstić information content (AvgIpc) is 2.59. The van der Waals surface area contributed by atoms with Crippen LogP contribution < -0.4 is 0 Å². The summed E-state index contributed by atoms with van der Waals surface area (Å²) in [5, 5.41) is 1.05. The third-order valence-electron chi connectivity index (χ3n) is 4.23. The quantitative estimate of drug-likeness (QED) is 0.466. The molecule has 0 bridgehead atoms. The van der Waals surface area contributed by atoms with Gasteiger partial charge in [-0.3, -0.25) is 9.63 Å². The highest BCUT2D eigenvalue weighted by atomic mass is 127. The van der Waals surface area contributed by atoms with E-state index in [2.05, 4.69) is 22.6 Å². The van der Waals surface area contributed by atoms with Gasteiger partial charge in [0.25, 0.3) is 5.91 Å². The molecule has 0 spiro atoms. The van der Waals surface area contributed by atoms with Crippen LogP contribution in [0.2, 0.25) is 0 Å². The first-order chi connectivity index (χ1) is 11.8. The molecule has 6 nitrogen and oxygen atoms in total. The monoisotopic (exact) mass is 478 g/mol. The van der Waals surface area contributed by atoms with Crippen molar-refractivity contribution in [3.8, 4) is 0 Å². The molecule has 138 valence electrons. The number of carbonyl (C=O) groups excluding carboxylic acids is 1. The van der Waals surface area contributed by atoms with Crippen molar-refractivity contribution >= 4 is 38.5 Å². The van der Waals surface area contributed by atoms with Crippen LogP contribution in [0.15, 0.2) is 38.8 Å². The SMILES string of the molecule is CON(C)C(=O)CN(C1CCCC=C1I)S(=O)(=O)c1ccc(C)cc1. The van der Waals surface area contributed by atoms with Gasteiger partial charge in [0.2, 0.25) is 10.0 Å². The Morgan fingerprint density at radius 1 is 1.32 bits per heavy atom. The van der Waals surface area contributed by atoms with Gasteiger partial charge in [0.15, 0.2) is 0 Å². The third-order valence-corrected chi connectivity index (χ3v) is 7.26. The van der Waals surface area contributed by atoms with E-state index in [4.69, 9.17) is 4.84 Å². The lowest BCUT2D eigenvalue weighted by molar-refractivity contribution is -0.168. The summed E-state index contributed by atoms with van der Waals surface area (Å²) in [5.41, 5.74) is 0.979. The molecule has 1 aliphatic rings. The van der Waals surface area contributed by atoms with Crippen molar-refractivity contribution in [1.82, 2.24) is 9.37 Å². The van der Waals surface area contributed by atoms with Gasteiger partial charge in [0.1, 0.15) is 0 Å². The molecule has 1 aromatic rings. The number of amides is 1. The summed E-state index contributed by atoms with van der Waals surface area (Å²) >= 11 is 2.17. The molecule has 1 amide bonds. The normalized spacial score (nSPS) is 18.1. The van der Waals surface area contributed by atoms with Crippen molar-refractivity contribution in [3.63, 3.8) is 0 Å². The van der Waals surface area contributed by atoms with Gasteiger partial charge in [-0.1, -0.05) is 23.8 Å². The number of aryl methyl sites for hydroxylation is 1. The van der Waals surface area contributed by atoms with Gasteiger partial charge >= 0.3 is 0 Å². The first-order valence-electron chi connectivity index (χ1n) is 8.02. The maximum Gasteiger partial charge on any atom is 0.261 e. The molecule has 0 fully saturated rings. The summed E-state index contributed by atoms with van der Waals surface area (Å²) in [4.78, 5) is 17.4. The minimum absolute atomic E-state index is 0.195. The van der Waals surface area contributed by atoms with Gasteiger partial charge in [-0.05, 0) is 60.9 Å². The predicted molar refractivity (Wildman–Crippen MR) is 105 cm³/mol. The Bertz CT molecular complexity index is 746. The highest BCUT2D eigenvalue weighted by Gasteiger charge is 2.36. The number of likely N-dealkylation sites (N-methyl/N-ethyl adjacent to an activating group) is 1. The van der Waals surface area contributed by atoms with Gasteiger partial charge in [0.05, 0.1) is 24.6 Å². The van der Waals surface area contributed by atoms with Crippen LogP contribution in [-0.4, -0.2) is 50.4 Å². The number of nitrogens with zero attached hydrogens (tertiary/aromatic N) is 2. The highest BCUT2D eigenvalue weighted by molar-refractivity contribution is 14.1. The van der Waals surface area contributed by atoms with Crippen LogP contribution in [0.1, 0.15) is 24.8 Å². The molecule has 1 aliphatic carbocycles. The number of allylic oxidation sites excluding steroid dienone is 1. The zero-order valence-electron chi connectivity index (χ0n) is 14.6. The van der Waals surface area contributed by atoms with Crippen molar-refractivity contribution in [2.75, 3.05) is 20.7 Å². The molecule has 0 heterocycles. The molecule has 2 rings (SSSR count). The van der Waals surface area contributed by atoms with E-state index in [-0.39, 0.29) is 17.5 Å². The topological polar surface area (TPSA) is 66.9 Å². The summed E-state index contributed by atoms with van der Waals surface area (Å²) in [6.07, 6.45) is 4.56. The zero-order chi connectivity index (χ0) is 18.6. The lowest BCUT2D eigenvalue weighted by Crippen LogP contribution is -2.47. The second kappa shape index (κ2) is 8.61. The number of sulfonamides is 1. The molecular formula is C17H23IN2O4S. The molecule has 0 aliphatic heterocycles. The largest absolute Gasteiger partial charge is 0.275 e. The number of hydroxylamine groups is 2. The molecular weight excluding hydrogens is 455 g/mol. The Morgan fingerprint density at radius 3 is 2.52 bits per heavy atom. The van der Waals surface area contributed by atoms with Gasteiger partial charge in [-0.2, -0.15) is 4.31 Å². The van der Waals surface area contributed by atoms with E-state index in [9.17, 15) is 13.2 Å². The summed E-state index contributed by atoms with van der Waals surface area (Å²) in [6.45, 7) is 1.64. The minimum atomic E-state index is -3.80. The second-order valence-corrected chi connectivity index (χ2v) is 9.11. The molecule has 8 heteroatoms. The summed E-state index contributed by atoms with van der Waals surface area (Å²) in [5.74, 6) is -0.409. The average molecular weight is 478 g/mol. The van der Waals surface area contributed by atoms with Crippen molar-refractivity contribution in [2.24, 2.45) is 0 Å². The molecule has 0 N–H and O–H groups in total. The molecule has 1 atom stereocenters. The van der Waals surface area contributed by atoms with Crippen LogP contribution in [0.4, 0.5) is 0 Å². The number of carbonyl (C=O) groups is 1. The Labute approximate surface area is 163 Å². The molecule has 1 aromatic carbocycles. The van der Waals surface area contributed by atoms with E-state index in [0.717, 1.165) is 27.0 Å². The fourth-order valence-electron chi connectivity index (χ4n) is 2.65. The van der Waals surface area contributed by atoms with Crippen LogP contribution in [0.25, 0.3) is 0 Å². The molecule has 0 saturated heterocycles. The maximum atomic E-state index is 13.2. The fourth-order valence-corrected chi connectivity index (χ4v) is 5.38. The number of rotatable bonds is 6. The smallest absolute Gasteiger partial charge is 0.261 e. The number of hydrogen-bond acceptors (Lipinski definition) is 4. The van der Waals surface area contributed by atoms with E-state index in [1.807, 2.05) is 13.0 Å². The summed E-state index contributed by atoms with van der Waals surface area (Å²) in [6, 6.07) is 6.37. The van der Waals surface area contributed by atoms with Crippen LogP contribution in [-0.2, 0) is 19.7 Å². The molecule has 1 unspecified atom stereocenters. The zero-order valence-corrected chi connectivity index (χ0v) is 17.6. The molecule has 0 aromatic heterocycles. The van der Waals surface area contributed by atoms with Crippen LogP contribution in [0, 0.1) is 6.92 Å². The third kappa shape index (κ3) is 4.81. The lowest BCUT2D eigenvalue weighted by Gasteiger charge is -2.33. The van der Waals surface area contributed by atoms with Crippen LogP contribution in [0.3, 0.4) is 0 Å². The van der Waals surface area contributed by atoms with E-state index in [1.54, 1.807) is 24.3 Å². The second-order valence-electron chi connectivity index (χ2n) is 5.97. The molecule has 25 heavy (non-hydrogen) atoms. The highest BCUT2D eigenvalue weighted by Crippen LogP contribution is 2.32. The van der Waals surface area contributed by atoms with E-state index >= 15 is 0 Å². The van der Waals surface area contributed by atoms with E-state index in [1.165, 1.54) is 18.5 Å². The molecule has 0 saturated carbocycles. The van der Waals surface area contributed by atoms with Crippen molar-refractivity contribution < 1.29 is 18.0 Å². The summed E-state index contributed by atoms with van der Waals surface area (Å²) in [7, 11) is -0.954. The van der Waals surface area contributed by atoms with Crippen molar-refractivity contribution in [3.05, 3.63) is 39.5 Å². The Kier molecular flexibility index (Phi) is 7.01. The van der Waals surface area contributed by atoms with Gasteiger partial charge < -0.3 is 0 Å².